The number of esters is 1. The molecule has 0 amide bonds. The van der Waals surface area contributed by atoms with Crippen molar-refractivity contribution in [3.8, 4) is 5.75 Å². The molecule has 0 aliphatic heterocycles. The van der Waals surface area contributed by atoms with Gasteiger partial charge in [-0.1, -0.05) is 6.07 Å². The second kappa shape index (κ2) is 6.61. The van der Waals surface area contributed by atoms with E-state index >= 15 is 0 Å². The van der Waals surface area contributed by atoms with Crippen LogP contribution in [-0.2, 0) is 16.1 Å². The first-order valence-corrected chi connectivity index (χ1v) is 6.01. The Bertz CT molecular complexity index is 395. The van der Waals surface area contributed by atoms with Crippen LogP contribution in [0.25, 0.3) is 0 Å². The Hall–Kier alpha value is -1.07. The van der Waals surface area contributed by atoms with E-state index < -0.39 is 0 Å². The maximum absolute atomic E-state index is 11.2. The molecule has 94 valence electrons. The number of methoxy groups -OCH3 is 2. The van der Waals surface area contributed by atoms with Crippen molar-refractivity contribution in [2.24, 2.45) is 0 Å². The number of hydrogen-bond donors (Lipinski definition) is 1. The van der Waals surface area contributed by atoms with Gasteiger partial charge in [0, 0.05) is 6.54 Å². The van der Waals surface area contributed by atoms with Crippen molar-refractivity contribution in [2.75, 3.05) is 14.2 Å². The number of carbonyl (C=O) groups excluding carboxylic acids is 1. The van der Waals surface area contributed by atoms with Gasteiger partial charge in [-0.15, -0.1) is 0 Å². The number of benzene rings is 1. The molecule has 1 rings (SSSR count). The van der Waals surface area contributed by atoms with Crippen LogP contribution in [0.4, 0.5) is 0 Å². The van der Waals surface area contributed by atoms with Crippen molar-refractivity contribution in [1.82, 2.24) is 5.32 Å². The van der Waals surface area contributed by atoms with Crippen LogP contribution in [0.2, 0.25) is 0 Å². The number of carbonyl (C=O) groups is 1. The van der Waals surface area contributed by atoms with Crippen LogP contribution in [0.5, 0.6) is 5.75 Å². The average molecular weight is 302 g/mol. The third kappa shape index (κ3) is 4.02. The standard InChI is InChI=1S/C12H16BrNO3/c1-8(12(15)17-3)14-7-9-4-5-11(16-2)10(13)6-9/h4-6,8,14H,7H2,1-3H3. The summed E-state index contributed by atoms with van der Waals surface area (Å²) in [6, 6.07) is 5.46. The van der Waals surface area contributed by atoms with Crippen LogP contribution >= 0.6 is 15.9 Å². The molecular formula is C12H16BrNO3. The van der Waals surface area contributed by atoms with Crippen LogP contribution in [0.1, 0.15) is 12.5 Å². The van der Waals surface area contributed by atoms with E-state index in [-0.39, 0.29) is 12.0 Å². The molecule has 1 aromatic carbocycles. The van der Waals surface area contributed by atoms with E-state index in [1.807, 2.05) is 18.2 Å². The summed E-state index contributed by atoms with van der Waals surface area (Å²) in [4.78, 5) is 11.2. The molecule has 0 aliphatic carbocycles. The van der Waals surface area contributed by atoms with Gasteiger partial charge in [-0.25, -0.2) is 0 Å². The number of halogens is 1. The van der Waals surface area contributed by atoms with Gasteiger partial charge in [-0.2, -0.15) is 0 Å². The summed E-state index contributed by atoms with van der Waals surface area (Å²) in [5.74, 6) is 0.521. The zero-order valence-corrected chi connectivity index (χ0v) is 11.7. The molecule has 1 atom stereocenters. The molecule has 0 aromatic heterocycles. The maximum atomic E-state index is 11.2. The molecule has 0 aliphatic rings. The van der Waals surface area contributed by atoms with Gasteiger partial charge in [0.2, 0.25) is 0 Å². The van der Waals surface area contributed by atoms with Gasteiger partial charge < -0.3 is 14.8 Å². The molecule has 1 aromatic rings. The number of hydrogen-bond acceptors (Lipinski definition) is 4. The molecule has 0 radical (unpaired) electrons. The predicted molar refractivity (Wildman–Crippen MR) is 69.0 cm³/mol. The minimum atomic E-state index is -0.319. The van der Waals surface area contributed by atoms with Gasteiger partial charge in [0.05, 0.1) is 18.7 Å². The smallest absolute Gasteiger partial charge is 0.322 e. The zero-order valence-electron chi connectivity index (χ0n) is 10.1. The van der Waals surface area contributed by atoms with Crippen molar-refractivity contribution >= 4 is 21.9 Å². The first kappa shape index (κ1) is 14.0. The maximum Gasteiger partial charge on any atom is 0.322 e. The Morgan fingerprint density at radius 2 is 2.18 bits per heavy atom. The summed E-state index contributed by atoms with van der Waals surface area (Å²) in [5.41, 5.74) is 1.06. The highest BCUT2D eigenvalue weighted by Crippen LogP contribution is 2.25. The first-order valence-electron chi connectivity index (χ1n) is 5.22. The van der Waals surface area contributed by atoms with Gasteiger partial charge in [0.25, 0.3) is 0 Å². The van der Waals surface area contributed by atoms with Crippen molar-refractivity contribution in [2.45, 2.75) is 19.5 Å². The van der Waals surface area contributed by atoms with Crippen molar-refractivity contribution in [3.63, 3.8) is 0 Å². The Morgan fingerprint density at radius 3 is 2.71 bits per heavy atom. The number of nitrogens with one attached hydrogen (secondary N) is 1. The summed E-state index contributed by atoms with van der Waals surface area (Å²) in [6.45, 7) is 2.36. The van der Waals surface area contributed by atoms with Crippen molar-refractivity contribution in [3.05, 3.63) is 28.2 Å². The lowest BCUT2D eigenvalue weighted by Crippen LogP contribution is -2.34. The fraction of sp³-hybridized carbons (Fsp3) is 0.417. The molecule has 0 saturated carbocycles. The van der Waals surface area contributed by atoms with E-state index in [4.69, 9.17) is 4.74 Å². The lowest BCUT2D eigenvalue weighted by Gasteiger charge is -2.12. The summed E-state index contributed by atoms with van der Waals surface area (Å²) in [5, 5.41) is 3.08. The number of rotatable bonds is 5. The van der Waals surface area contributed by atoms with E-state index in [1.165, 1.54) is 7.11 Å². The van der Waals surface area contributed by atoms with E-state index in [0.29, 0.717) is 6.54 Å². The predicted octanol–water partition coefficient (Wildman–Crippen LogP) is 2.11. The lowest BCUT2D eigenvalue weighted by atomic mass is 10.2. The molecule has 5 heteroatoms. The minimum Gasteiger partial charge on any atom is -0.496 e. The van der Waals surface area contributed by atoms with Crippen LogP contribution in [0, 0.1) is 0 Å². The fourth-order valence-corrected chi connectivity index (χ4v) is 1.94. The van der Waals surface area contributed by atoms with Crippen LogP contribution < -0.4 is 10.1 Å². The highest BCUT2D eigenvalue weighted by molar-refractivity contribution is 9.10. The third-order valence-corrected chi connectivity index (χ3v) is 3.00. The number of ether oxygens (including phenoxy) is 2. The van der Waals surface area contributed by atoms with Crippen LogP contribution in [0.3, 0.4) is 0 Å². The third-order valence-electron chi connectivity index (χ3n) is 2.38. The molecule has 4 nitrogen and oxygen atoms in total. The lowest BCUT2D eigenvalue weighted by molar-refractivity contribution is -0.142. The van der Waals surface area contributed by atoms with Crippen LogP contribution in [-0.4, -0.2) is 26.2 Å². The second-order valence-electron chi connectivity index (χ2n) is 3.59. The SMILES string of the molecule is COC(=O)C(C)NCc1ccc(OC)c(Br)c1. The minimum absolute atomic E-state index is 0.266. The Kier molecular flexibility index (Phi) is 5.44. The Balaban J connectivity index is 2.58. The second-order valence-corrected chi connectivity index (χ2v) is 4.45. The Labute approximate surface area is 109 Å². The monoisotopic (exact) mass is 301 g/mol. The molecule has 0 bridgehead atoms. The molecule has 0 spiro atoms. The highest BCUT2D eigenvalue weighted by atomic mass is 79.9. The van der Waals surface area contributed by atoms with Gasteiger partial charge in [0.15, 0.2) is 0 Å². The molecule has 0 fully saturated rings. The summed E-state index contributed by atoms with van der Waals surface area (Å²) >= 11 is 3.41. The largest absolute Gasteiger partial charge is 0.496 e. The molecule has 1 unspecified atom stereocenters. The van der Waals surface area contributed by atoms with Crippen molar-refractivity contribution in [1.29, 1.82) is 0 Å². The molecule has 17 heavy (non-hydrogen) atoms. The topological polar surface area (TPSA) is 47.6 Å². The van der Waals surface area contributed by atoms with Crippen LogP contribution in [0.15, 0.2) is 22.7 Å². The van der Waals surface area contributed by atoms with Gasteiger partial charge >= 0.3 is 5.97 Å². The zero-order chi connectivity index (χ0) is 12.8. The first-order chi connectivity index (χ1) is 8.08. The summed E-state index contributed by atoms with van der Waals surface area (Å²) < 4.78 is 10.7. The summed E-state index contributed by atoms with van der Waals surface area (Å²) in [7, 11) is 3.00. The van der Waals surface area contributed by atoms with Gasteiger partial charge in [0.1, 0.15) is 11.8 Å². The van der Waals surface area contributed by atoms with E-state index in [1.54, 1.807) is 14.0 Å². The highest BCUT2D eigenvalue weighted by Gasteiger charge is 2.11. The summed E-state index contributed by atoms with van der Waals surface area (Å²) in [6.07, 6.45) is 0. The normalized spacial score (nSPS) is 12.0. The van der Waals surface area contributed by atoms with E-state index in [2.05, 4.69) is 26.0 Å². The molecule has 0 saturated heterocycles. The van der Waals surface area contributed by atoms with Gasteiger partial charge in [-0.3, -0.25) is 4.79 Å². The quantitative estimate of drug-likeness (QED) is 0.846. The Morgan fingerprint density at radius 1 is 1.47 bits per heavy atom. The van der Waals surface area contributed by atoms with Crippen molar-refractivity contribution < 1.29 is 14.3 Å². The molecular weight excluding hydrogens is 286 g/mol. The fourth-order valence-electron chi connectivity index (χ4n) is 1.35. The molecule has 0 heterocycles. The molecule has 1 N–H and O–H groups in total. The average Bonchev–Trinajstić information content (AvgIpc) is 2.35. The van der Waals surface area contributed by atoms with E-state index in [0.717, 1.165) is 15.8 Å². The van der Waals surface area contributed by atoms with E-state index in [9.17, 15) is 4.79 Å². The van der Waals surface area contributed by atoms with Gasteiger partial charge in [-0.05, 0) is 40.5 Å².